The molecule has 0 unspecified atom stereocenters. The van der Waals surface area contributed by atoms with E-state index in [9.17, 15) is 13.2 Å². The quantitative estimate of drug-likeness (QED) is 0.782. The Labute approximate surface area is 87.0 Å². The highest BCUT2D eigenvalue weighted by atomic mass is 19.4. The lowest BCUT2D eigenvalue weighted by atomic mass is 10.1. The summed E-state index contributed by atoms with van der Waals surface area (Å²) < 4.78 is 37.6. The van der Waals surface area contributed by atoms with Crippen LogP contribution < -0.4 is 0 Å². The van der Waals surface area contributed by atoms with Crippen LogP contribution in [0.15, 0.2) is 12.3 Å². The maximum absolute atomic E-state index is 12.5. The summed E-state index contributed by atoms with van der Waals surface area (Å²) in [6.45, 7) is 3.62. The van der Waals surface area contributed by atoms with Crippen LogP contribution in [0.2, 0.25) is 0 Å². The number of rotatable bonds is 3. The van der Waals surface area contributed by atoms with E-state index >= 15 is 0 Å². The van der Waals surface area contributed by atoms with E-state index in [-0.39, 0.29) is 5.56 Å². The van der Waals surface area contributed by atoms with E-state index in [4.69, 9.17) is 0 Å². The smallest absolute Gasteiger partial charge is 0.364 e. The first-order valence-corrected chi connectivity index (χ1v) is 4.88. The van der Waals surface area contributed by atoms with E-state index in [1.807, 2.05) is 6.92 Å². The number of aromatic nitrogens is 1. The highest BCUT2D eigenvalue weighted by molar-refractivity contribution is 5.57. The first kappa shape index (κ1) is 11.9. The van der Waals surface area contributed by atoms with Crippen molar-refractivity contribution in [2.75, 3.05) is 0 Å². The van der Waals surface area contributed by atoms with Gasteiger partial charge in [-0.05, 0) is 13.3 Å². The van der Waals surface area contributed by atoms with Gasteiger partial charge in [0.2, 0.25) is 0 Å². The maximum atomic E-state index is 12.5. The van der Waals surface area contributed by atoms with Gasteiger partial charge >= 0.3 is 6.18 Å². The summed E-state index contributed by atoms with van der Waals surface area (Å²) in [5, 5.41) is 0. The normalized spacial score (nSPS) is 12.6. The predicted octanol–water partition coefficient (Wildman–Crippen LogP) is 4.16. The molecule has 0 spiro atoms. The highest BCUT2D eigenvalue weighted by Crippen LogP contribution is 2.33. The van der Waals surface area contributed by atoms with Crippen LogP contribution in [0, 0.1) is 6.92 Å². The average molecular weight is 217 g/mol. The first-order valence-electron chi connectivity index (χ1n) is 4.88. The fourth-order valence-corrected chi connectivity index (χ4v) is 1.36. The second-order valence-electron chi connectivity index (χ2n) is 3.43. The fourth-order valence-electron chi connectivity index (χ4n) is 1.36. The zero-order chi connectivity index (χ0) is 11.5. The van der Waals surface area contributed by atoms with E-state index in [1.54, 1.807) is 13.0 Å². The Morgan fingerprint density at radius 3 is 2.60 bits per heavy atom. The van der Waals surface area contributed by atoms with Crippen LogP contribution in [-0.4, -0.2) is 4.98 Å². The minimum absolute atomic E-state index is 0.246. The molecule has 0 amide bonds. The Morgan fingerprint density at radius 2 is 2.07 bits per heavy atom. The molecule has 1 nitrogen and oxygen atoms in total. The molecule has 0 radical (unpaired) electrons. The van der Waals surface area contributed by atoms with Gasteiger partial charge in [0.25, 0.3) is 0 Å². The van der Waals surface area contributed by atoms with Crippen LogP contribution >= 0.6 is 0 Å². The molecule has 84 valence electrons. The third kappa shape index (κ3) is 2.88. The number of allylic oxidation sites excluding steroid dienone is 1. The number of hydrogen-bond donors (Lipinski definition) is 1. The van der Waals surface area contributed by atoms with Gasteiger partial charge in [0.15, 0.2) is 0 Å². The number of unbranched alkanes of at least 4 members (excludes halogenated alkanes) is 1. The molecule has 0 saturated carbocycles. The molecule has 0 aliphatic carbocycles. The van der Waals surface area contributed by atoms with E-state index in [0.717, 1.165) is 19.0 Å². The summed E-state index contributed by atoms with van der Waals surface area (Å²) in [4.78, 5) is 2.60. The summed E-state index contributed by atoms with van der Waals surface area (Å²) >= 11 is 0. The third-order valence-electron chi connectivity index (χ3n) is 2.17. The molecular formula is C11H14F3N. The van der Waals surface area contributed by atoms with Gasteiger partial charge in [-0.25, -0.2) is 0 Å². The molecule has 0 bridgehead atoms. The minimum Gasteiger partial charge on any atom is -0.364 e. The van der Waals surface area contributed by atoms with Crippen molar-refractivity contribution in [3.63, 3.8) is 0 Å². The Kier molecular flexibility index (Phi) is 3.61. The highest BCUT2D eigenvalue weighted by Gasteiger charge is 2.34. The number of nitrogens with one attached hydrogen (secondary N) is 1. The van der Waals surface area contributed by atoms with E-state index < -0.39 is 11.7 Å². The predicted molar refractivity (Wildman–Crippen MR) is 54.5 cm³/mol. The molecular weight excluding hydrogens is 203 g/mol. The van der Waals surface area contributed by atoms with E-state index in [2.05, 4.69) is 4.98 Å². The van der Waals surface area contributed by atoms with Crippen molar-refractivity contribution in [2.45, 2.75) is 32.9 Å². The Morgan fingerprint density at radius 1 is 1.40 bits per heavy atom. The summed E-state index contributed by atoms with van der Waals surface area (Å²) in [6.07, 6.45) is 1.77. The average Bonchev–Trinajstić information content (AvgIpc) is 2.48. The fraction of sp³-hybridized carbons (Fsp3) is 0.455. The monoisotopic (exact) mass is 217 g/mol. The van der Waals surface area contributed by atoms with Gasteiger partial charge < -0.3 is 4.98 Å². The molecule has 4 heteroatoms. The van der Waals surface area contributed by atoms with Gasteiger partial charge in [-0.2, -0.15) is 13.2 Å². The molecule has 1 heterocycles. The maximum Gasteiger partial charge on any atom is 0.418 e. The number of halogens is 3. The molecule has 0 atom stereocenters. The molecule has 0 fully saturated rings. The number of aryl methyl sites for hydroxylation is 1. The van der Waals surface area contributed by atoms with Crippen molar-refractivity contribution in [3.8, 4) is 0 Å². The second-order valence-corrected chi connectivity index (χ2v) is 3.43. The van der Waals surface area contributed by atoms with Gasteiger partial charge in [0.1, 0.15) is 0 Å². The van der Waals surface area contributed by atoms with Crippen LogP contribution in [-0.2, 0) is 6.18 Å². The number of aromatic amines is 1. The zero-order valence-corrected chi connectivity index (χ0v) is 8.78. The third-order valence-corrected chi connectivity index (χ3v) is 2.17. The lowest BCUT2D eigenvalue weighted by Gasteiger charge is -2.05. The van der Waals surface area contributed by atoms with Gasteiger partial charge in [-0.15, -0.1) is 0 Å². The SMILES string of the molecule is CCCC=Cc1c(C(F)(F)F)c[nH]c1C. The van der Waals surface area contributed by atoms with Crippen molar-refractivity contribution in [1.29, 1.82) is 0 Å². The summed E-state index contributed by atoms with van der Waals surface area (Å²) in [5.74, 6) is 0. The summed E-state index contributed by atoms with van der Waals surface area (Å²) in [6, 6.07) is 0. The molecule has 1 N–H and O–H groups in total. The van der Waals surface area contributed by atoms with Gasteiger partial charge in [-0.1, -0.05) is 25.5 Å². The number of alkyl halides is 3. The van der Waals surface area contributed by atoms with Crippen molar-refractivity contribution >= 4 is 6.08 Å². The molecule has 0 aromatic carbocycles. The van der Waals surface area contributed by atoms with Crippen molar-refractivity contribution in [2.24, 2.45) is 0 Å². The minimum atomic E-state index is -4.28. The molecule has 1 aromatic rings. The zero-order valence-electron chi connectivity index (χ0n) is 8.78. The van der Waals surface area contributed by atoms with Gasteiger partial charge in [-0.3, -0.25) is 0 Å². The molecule has 0 saturated heterocycles. The Bertz CT molecular complexity index is 347. The van der Waals surface area contributed by atoms with Crippen LogP contribution in [0.3, 0.4) is 0 Å². The molecule has 0 aliphatic rings. The van der Waals surface area contributed by atoms with E-state index in [0.29, 0.717) is 5.69 Å². The summed E-state index contributed by atoms with van der Waals surface area (Å²) in [7, 11) is 0. The van der Waals surface area contributed by atoms with Crippen molar-refractivity contribution in [3.05, 3.63) is 29.1 Å². The van der Waals surface area contributed by atoms with Crippen molar-refractivity contribution in [1.82, 2.24) is 4.98 Å². The van der Waals surface area contributed by atoms with Gasteiger partial charge in [0.05, 0.1) is 5.56 Å². The van der Waals surface area contributed by atoms with Gasteiger partial charge in [0, 0.05) is 17.5 Å². The topological polar surface area (TPSA) is 15.8 Å². The van der Waals surface area contributed by atoms with E-state index in [1.165, 1.54) is 6.08 Å². The lowest BCUT2D eigenvalue weighted by Crippen LogP contribution is -2.05. The van der Waals surface area contributed by atoms with Crippen LogP contribution in [0.5, 0.6) is 0 Å². The second kappa shape index (κ2) is 4.55. The standard InChI is InChI=1S/C11H14F3N/c1-3-4-5-6-9-8(2)15-7-10(9)11(12,13)14/h5-7,15H,3-4H2,1-2H3. The largest absolute Gasteiger partial charge is 0.418 e. The van der Waals surface area contributed by atoms with Crippen LogP contribution in [0.1, 0.15) is 36.6 Å². The Balaban J connectivity index is 3.00. The molecule has 1 aromatic heterocycles. The lowest BCUT2D eigenvalue weighted by molar-refractivity contribution is -0.137. The first-order chi connectivity index (χ1) is 6.96. The van der Waals surface area contributed by atoms with Crippen LogP contribution in [0.4, 0.5) is 13.2 Å². The van der Waals surface area contributed by atoms with Crippen molar-refractivity contribution < 1.29 is 13.2 Å². The number of H-pyrrole nitrogens is 1. The molecule has 0 aliphatic heterocycles. The summed E-state index contributed by atoms with van der Waals surface area (Å²) in [5.41, 5.74) is 0.206. The number of hydrogen-bond acceptors (Lipinski definition) is 0. The molecule has 1 rings (SSSR count). The van der Waals surface area contributed by atoms with Crippen LogP contribution in [0.25, 0.3) is 6.08 Å². The Hall–Kier alpha value is -1.19. The molecule has 15 heavy (non-hydrogen) atoms.